The summed E-state index contributed by atoms with van der Waals surface area (Å²) in [5.41, 5.74) is 1.51. The summed E-state index contributed by atoms with van der Waals surface area (Å²) in [4.78, 5) is 11.9. The fourth-order valence-corrected chi connectivity index (χ4v) is 4.15. The number of rotatable bonds is 6. The van der Waals surface area contributed by atoms with Gasteiger partial charge in [0.2, 0.25) is 0 Å². The third-order valence-corrected chi connectivity index (χ3v) is 5.94. The largest absolute Gasteiger partial charge is 0.319 e. The quantitative estimate of drug-likeness (QED) is 0.585. The minimum atomic E-state index is -4.06. The molecule has 8 heteroatoms. The summed E-state index contributed by atoms with van der Waals surface area (Å²) >= 11 is 0. The number of hydrogen-bond donors (Lipinski definition) is 2. The van der Waals surface area contributed by atoms with Gasteiger partial charge in [-0.25, -0.2) is 17.2 Å². The zero-order valence-electron chi connectivity index (χ0n) is 16.4. The van der Waals surface area contributed by atoms with E-state index in [0.29, 0.717) is 12.1 Å². The van der Waals surface area contributed by atoms with Crippen molar-refractivity contribution in [2.45, 2.75) is 25.2 Å². The number of amides is 1. The highest BCUT2D eigenvalue weighted by Crippen LogP contribution is 2.26. The molecule has 156 valence electrons. The second-order valence-electron chi connectivity index (χ2n) is 6.64. The number of para-hydroxylation sites is 1. The molecule has 0 aliphatic carbocycles. The van der Waals surface area contributed by atoms with E-state index in [9.17, 15) is 22.0 Å². The number of anilines is 2. The van der Waals surface area contributed by atoms with E-state index in [1.165, 1.54) is 24.3 Å². The van der Waals surface area contributed by atoms with Crippen LogP contribution in [0.3, 0.4) is 0 Å². The van der Waals surface area contributed by atoms with E-state index in [-0.39, 0.29) is 16.1 Å². The van der Waals surface area contributed by atoms with Crippen LogP contribution in [0.25, 0.3) is 0 Å². The molecule has 0 spiro atoms. The molecule has 5 nitrogen and oxygen atoms in total. The third-order valence-electron chi connectivity index (χ3n) is 4.59. The average molecular weight is 430 g/mol. The first-order valence-corrected chi connectivity index (χ1v) is 10.7. The maximum absolute atomic E-state index is 14.5. The zero-order chi connectivity index (χ0) is 21.9. The normalized spacial score (nSPS) is 11.2. The van der Waals surface area contributed by atoms with Gasteiger partial charge in [-0.1, -0.05) is 37.3 Å². The second kappa shape index (κ2) is 8.62. The summed E-state index contributed by atoms with van der Waals surface area (Å²) < 4.78 is 56.3. The Labute approximate surface area is 173 Å². The van der Waals surface area contributed by atoms with Crippen LogP contribution < -0.4 is 10.0 Å². The Bertz CT molecular complexity index is 1210. The molecule has 2 N–H and O–H groups in total. The SMILES string of the molecule is CCc1cccc(C)c1NS(=O)(=O)c1ccc(NC(=O)c2ccccc2F)c(F)c1. The van der Waals surface area contributed by atoms with Gasteiger partial charge in [-0.05, 0) is 54.8 Å². The fraction of sp³-hybridized carbons (Fsp3) is 0.136. The predicted molar refractivity (Wildman–Crippen MR) is 112 cm³/mol. The molecule has 0 atom stereocenters. The summed E-state index contributed by atoms with van der Waals surface area (Å²) in [6.45, 7) is 3.68. The first-order chi connectivity index (χ1) is 14.2. The first-order valence-electron chi connectivity index (χ1n) is 9.19. The molecule has 0 radical (unpaired) electrons. The molecular weight excluding hydrogens is 410 g/mol. The molecule has 3 aromatic rings. The predicted octanol–water partition coefficient (Wildman–Crippen LogP) is 4.89. The lowest BCUT2D eigenvalue weighted by Gasteiger charge is -2.15. The van der Waals surface area contributed by atoms with Gasteiger partial charge >= 0.3 is 0 Å². The van der Waals surface area contributed by atoms with Gasteiger partial charge in [-0.15, -0.1) is 0 Å². The Morgan fingerprint density at radius 3 is 2.37 bits per heavy atom. The summed E-state index contributed by atoms with van der Waals surface area (Å²) in [5, 5.41) is 2.25. The number of carbonyl (C=O) groups excluding carboxylic acids is 1. The maximum atomic E-state index is 14.5. The lowest BCUT2D eigenvalue weighted by Crippen LogP contribution is -2.17. The molecule has 0 aliphatic rings. The number of halogens is 2. The molecule has 0 unspecified atom stereocenters. The van der Waals surface area contributed by atoms with Crippen LogP contribution in [0.15, 0.2) is 65.6 Å². The van der Waals surface area contributed by atoms with E-state index < -0.39 is 27.6 Å². The fourth-order valence-electron chi connectivity index (χ4n) is 2.96. The van der Waals surface area contributed by atoms with E-state index in [4.69, 9.17) is 0 Å². The van der Waals surface area contributed by atoms with Crippen molar-refractivity contribution in [2.75, 3.05) is 10.0 Å². The lowest BCUT2D eigenvalue weighted by atomic mass is 10.1. The standard InChI is InChI=1S/C22H20F2N2O3S/c1-3-15-8-6-7-14(2)21(15)26-30(28,29)16-11-12-20(19(24)13-16)25-22(27)17-9-4-5-10-18(17)23/h4-13,26H,3H2,1-2H3,(H,25,27). The first kappa shape index (κ1) is 21.4. The Morgan fingerprint density at radius 2 is 1.70 bits per heavy atom. The number of sulfonamides is 1. The van der Waals surface area contributed by atoms with E-state index in [1.807, 2.05) is 19.1 Å². The van der Waals surface area contributed by atoms with Gasteiger partial charge in [0.15, 0.2) is 0 Å². The summed E-state index contributed by atoms with van der Waals surface area (Å²) in [6, 6.07) is 13.8. The van der Waals surface area contributed by atoms with Gasteiger partial charge in [0, 0.05) is 0 Å². The molecule has 3 aromatic carbocycles. The van der Waals surface area contributed by atoms with E-state index >= 15 is 0 Å². The Kier molecular flexibility index (Phi) is 6.17. The van der Waals surface area contributed by atoms with Crippen LogP contribution in [0.5, 0.6) is 0 Å². The Morgan fingerprint density at radius 1 is 0.967 bits per heavy atom. The van der Waals surface area contributed by atoms with Gasteiger partial charge in [0.05, 0.1) is 21.8 Å². The number of aryl methyl sites for hydroxylation is 2. The average Bonchev–Trinajstić information content (AvgIpc) is 2.71. The molecule has 0 aromatic heterocycles. The minimum absolute atomic E-state index is 0.248. The molecule has 0 bridgehead atoms. The topological polar surface area (TPSA) is 75.3 Å². The third kappa shape index (κ3) is 4.49. The molecule has 0 aliphatic heterocycles. The van der Waals surface area contributed by atoms with E-state index in [0.717, 1.165) is 29.3 Å². The van der Waals surface area contributed by atoms with Crippen LogP contribution in [0.4, 0.5) is 20.2 Å². The summed E-state index contributed by atoms with van der Waals surface area (Å²) in [7, 11) is -4.06. The zero-order valence-corrected chi connectivity index (χ0v) is 17.2. The van der Waals surface area contributed by atoms with Gasteiger partial charge in [-0.2, -0.15) is 0 Å². The summed E-state index contributed by atoms with van der Waals surface area (Å²) in [6.07, 6.45) is 0.620. The van der Waals surface area contributed by atoms with Gasteiger partial charge in [-0.3, -0.25) is 9.52 Å². The lowest BCUT2D eigenvalue weighted by molar-refractivity contribution is 0.102. The van der Waals surface area contributed by atoms with Crippen LogP contribution in [-0.4, -0.2) is 14.3 Å². The van der Waals surface area contributed by atoms with E-state index in [2.05, 4.69) is 10.0 Å². The molecule has 0 saturated heterocycles. The van der Waals surface area contributed by atoms with Crippen molar-refractivity contribution in [1.82, 2.24) is 0 Å². The van der Waals surface area contributed by atoms with Crippen LogP contribution in [-0.2, 0) is 16.4 Å². The number of nitrogens with one attached hydrogen (secondary N) is 2. The van der Waals surface area contributed by atoms with Gasteiger partial charge < -0.3 is 5.32 Å². The van der Waals surface area contributed by atoms with Crippen molar-refractivity contribution in [3.8, 4) is 0 Å². The second-order valence-corrected chi connectivity index (χ2v) is 8.33. The van der Waals surface area contributed by atoms with Crippen molar-refractivity contribution in [2.24, 2.45) is 0 Å². The smallest absolute Gasteiger partial charge is 0.262 e. The van der Waals surface area contributed by atoms with Crippen LogP contribution in [0.1, 0.15) is 28.4 Å². The van der Waals surface area contributed by atoms with Crippen LogP contribution >= 0.6 is 0 Å². The van der Waals surface area contributed by atoms with Gasteiger partial charge in [0.1, 0.15) is 11.6 Å². The van der Waals surface area contributed by atoms with Crippen molar-refractivity contribution in [3.63, 3.8) is 0 Å². The highest BCUT2D eigenvalue weighted by atomic mass is 32.2. The monoisotopic (exact) mass is 430 g/mol. The molecule has 1 amide bonds. The molecular formula is C22H20F2N2O3S. The summed E-state index contributed by atoms with van der Waals surface area (Å²) in [5.74, 6) is -2.54. The minimum Gasteiger partial charge on any atom is -0.319 e. The maximum Gasteiger partial charge on any atom is 0.262 e. The molecule has 3 rings (SSSR count). The van der Waals surface area contributed by atoms with Crippen molar-refractivity contribution in [1.29, 1.82) is 0 Å². The number of carbonyl (C=O) groups is 1. The Balaban J connectivity index is 1.86. The van der Waals surface area contributed by atoms with Crippen molar-refractivity contribution < 1.29 is 22.0 Å². The molecule has 0 saturated carbocycles. The van der Waals surface area contributed by atoms with Crippen LogP contribution in [0.2, 0.25) is 0 Å². The molecule has 0 heterocycles. The number of benzene rings is 3. The number of hydrogen-bond acceptors (Lipinski definition) is 3. The van der Waals surface area contributed by atoms with Gasteiger partial charge in [0.25, 0.3) is 15.9 Å². The molecule has 0 fully saturated rings. The van der Waals surface area contributed by atoms with Crippen molar-refractivity contribution in [3.05, 3.63) is 89.0 Å². The molecule has 30 heavy (non-hydrogen) atoms. The van der Waals surface area contributed by atoms with E-state index in [1.54, 1.807) is 13.0 Å². The Hall–Kier alpha value is -3.26. The highest BCUT2D eigenvalue weighted by Gasteiger charge is 2.20. The van der Waals surface area contributed by atoms with Crippen LogP contribution in [0, 0.1) is 18.6 Å². The van der Waals surface area contributed by atoms with Crippen molar-refractivity contribution >= 4 is 27.3 Å². The highest BCUT2D eigenvalue weighted by molar-refractivity contribution is 7.92.